The molecule has 0 amide bonds. The Morgan fingerprint density at radius 3 is 2.64 bits per heavy atom. The van der Waals surface area contributed by atoms with Gasteiger partial charge in [-0.1, -0.05) is 6.07 Å². The zero-order valence-corrected chi connectivity index (χ0v) is 19.2. The molecule has 2 heterocycles. The summed E-state index contributed by atoms with van der Waals surface area (Å²) >= 11 is 1.75. The summed E-state index contributed by atoms with van der Waals surface area (Å²) in [7, 11) is 3.21. The number of nitrogens with two attached hydrogens (primary N) is 1. The molecule has 1 aromatic heterocycles. The van der Waals surface area contributed by atoms with E-state index in [1.165, 1.54) is 4.88 Å². The number of methoxy groups -OCH3 is 2. The molecule has 1 unspecified atom stereocenters. The van der Waals surface area contributed by atoms with Crippen molar-refractivity contribution < 1.29 is 14.2 Å². The summed E-state index contributed by atoms with van der Waals surface area (Å²) in [4.78, 5) is 8.28. The third-order valence-corrected chi connectivity index (χ3v) is 5.42. The molecule has 7 nitrogen and oxygen atoms in total. The summed E-state index contributed by atoms with van der Waals surface area (Å²) in [6, 6.07) is 9.97. The lowest BCUT2D eigenvalue weighted by molar-refractivity contribution is 0.0187. The number of guanidine groups is 1. The van der Waals surface area contributed by atoms with Gasteiger partial charge in [0.15, 0.2) is 17.5 Å². The van der Waals surface area contributed by atoms with E-state index in [0.717, 1.165) is 32.0 Å². The van der Waals surface area contributed by atoms with Crippen LogP contribution < -0.4 is 20.5 Å². The molecule has 0 bridgehead atoms. The van der Waals surface area contributed by atoms with Gasteiger partial charge in [0.1, 0.15) is 0 Å². The summed E-state index contributed by atoms with van der Waals surface area (Å²) in [6.07, 6.45) is 0. The lowest BCUT2D eigenvalue weighted by Crippen LogP contribution is -2.40. The lowest BCUT2D eigenvalue weighted by Gasteiger charge is -2.33. The highest BCUT2D eigenvalue weighted by molar-refractivity contribution is 14.0. The van der Waals surface area contributed by atoms with Crippen LogP contribution in [0.25, 0.3) is 0 Å². The Balaban J connectivity index is 0.00000280. The maximum Gasteiger partial charge on any atom is 0.193 e. The van der Waals surface area contributed by atoms with Gasteiger partial charge in [0.25, 0.3) is 0 Å². The average molecular weight is 518 g/mol. The van der Waals surface area contributed by atoms with E-state index in [2.05, 4.69) is 32.7 Å². The molecule has 3 N–H and O–H groups in total. The minimum Gasteiger partial charge on any atom is -0.493 e. The van der Waals surface area contributed by atoms with Crippen molar-refractivity contribution in [3.8, 4) is 11.5 Å². The van der Waals surface area contributed by atoms with E-state index < -0.39 is 0 Å². The molecule has 0 spiro atoms. The van der Waals surface area contributed by atoms with Crippen molar-refractivity contribution in [2.75, 3.05) is 52.4 Å². The van der Waals surface area contributed by atoms with E-state index in [9.17, 15) is 0 Å². The third kappa shape index (κ3) is 5.97. The fourth-order valence-electron chi connectivity index (χ4n) is 3.04. The molecule has 2 aromatic rings. The zero-order chi connectivity index (χ0) is 19.1. The minimum absolute atomic E-state index is 0. The predicted octanol–water partition coefficient (Wildman–Crippen LogP) is 3.18. The number of thiophene rings is 1. The smallest absolute Gasteiger partial charge is 0.193 e. The van der Waals surface area contributed by atoms with E-state index >= 15 is 0 Å². The molecule has 154 valence electrons. The SMILES string of the molecule is COc1ccc(NC(N)=NCC(c2cccs2)N2CCOCC2)cc1OC.I. The molecule has 1 aromatic carbocycles. The van der Waals surface area contributed by atoms with Crippen LogP contribution in [0.1, 0.15) is 10.9 Å². The Labute approximate surface area is 186 Å². The van der Waals surface area contributed by atoms with Crippen LogP contribution in [-0.4, -0.2) is 57.9 Å². The highest BCUT2D eigenvalue weighted by Crippen LogP contribution is 2.30. The van der Waals surface area contributed by atoms with Gasteiger partial charge in [0.2, 0.25) is 0 Å². The first-order chi connectivity index (χ1) is 13.2. The zero-order valence-electron chi connectivity index (χ0n) is 16.1. The van der Waals surface area contributed by atoms with Crippen LogP contribution in [0.5, 0.6) is 11.5 Å². The number of hydrogen-bond donors (Lipinski definition) is 2. The molecular formula is C19H27IN4O3S. The molecule has 1 atom stereocenters. The van der Waals surface area contributed by atoms with Crippen molar-refractivity contribution >= 4 is 47.0 Å². The van der Waals surface area contributed by atoms with Crippen LogP contribution in [-0.2, 0) is 4.74 Å². The Bertz CT molecular complexity index is 752. The van der Waals surface area contributed by atoms with E-state index in [4.69, 9.17) is 19.9 Å². The predicted molar refractivity (Wildman–Crippen MR) is 125 cm³/mol. The highest BCUT2D eigenvalue weighted by atomic mass is 127. The fraction of sp³-hybridized carbons (Fsp3) is 0.421. The standard InChI is InChI=1S/C19H26N4O3S.HI/c1-24-16-6-5-14(12-17(16)25-2)22-19(20)21-13-15(18-4-3-11-27-18)23-7-9-26-10-8-23;/h3-6,11-12,15H,7-10,13H2,1-2H3,(H3,20,21,22);1H. The van der Waals surface area contributed by atoms with Crippen LogP contribution in [0.2, 0.25) is 0 Å². The molecular weight excluding hydrogens is 491 g/mol. The first-order valence-electron chi connectivity index (χ1n) is 8.85. The van der Waals surface area contributed by atoms with Gasteiger partial charge < -0.3 is 25.3 Å². The molecule has 0 radical (unpaired) electrons. The number of ether oxygens (including phenoxy) is 3. The van der Waals surface area contributed by atoms with Crippen LogP contribution in [0.15, 0.2) is 40.7 Å². The maximum atomic E-state index is 6.13. The van der Waals surface area contributed by atoms with Gasteiger partial charge >= 0.3 is 0 Å². The Morgan fingerprint density at radius 2 is 2.00 bits per heavy atom. The van der Waals surface area contributed by atoms with Crippen LogP contribution in [0.4, 0.5) is 5.69 Å². The van der Waals surface area contributed by atoms with Gasteiger partial charge in [-0.05, 0) is 23.6 Å². The van der Waals surface area contributed by atoms with Gasteiger partial charge in [0.05, 0.1) is 40.0 Å². The Morgan fingerprint density at radius 1 is 1.25 bits per heavy atom. The number of rotatable bonds is 7. The summed E-state index contributed by atoms with van der Waals surface area (Å²) in [5.41, 5.74) is 6.93. The maximum absolute atomic E-state index is 6.13. The monoisotopic (exact) mass is 518 g/mol. The minimum atomic E-state index is 0. The van der Waals surface area contributed by atoms with Gasteiger partial charge in [-0.2, -0.15) is 0 Å². The number of nitrogens with one attached hydrogen (secondary N) is 1. The molecule has 1 aliphatic heterocycles. The first kappa shape index (κ1) is 22.7. The molecule has 3 rings (SSSR count). The molecule has 28 heavy (non-hydrogen) atoms. The van der Waals surface area contributed by atoms with Crippen molar-refractivity contribution in [3.05, 3.63) is 40.6 Å². The van der Waals surface area contributed by atoms with Crippen molar-refractivity contribution in [1.82, 2.24) is 4.90 Å². The largest absolute Gasteiger partial charge is 0.493 e. The number of halogens is 1. The number of morpholine rings is 1. The van der Waals surface area contributed by atoms with E-state index in [0.29, 0.717) is 24.0 Å². The van der Waals surface area contributed by atoms with Gasteiger partial charge in [-0.3, -0.25) is 9.89 Å². The third-order valence-electron chi connectivity index (χ3n) is 4.45. The number of hydrogen-bond acceptors (Lipinski definition) is 6. The summed E-state index contributed by atoms with van der Waals surface area (Å²) in [5, 5.41) is 5.22. The molecule has 0 saturated carbocycles. The Kier molecular flexibility index (Phi) is 9.29. The fourth-order valence-corrected chi connectivity index (χ4v) is 3.89. The second-order valence-electron chi connectivity index (χ2n) is 6.10. The highest BCUT2D eigenvalue weighted by Gasteiger charge is 2.23. The van der Waals surface area contributed by atoms with Crippen molar-refractivity contribution in [2.45, 2.75) is 6.04 Å². The normalized spacial score (nSPS) is 16.1. The van der Waals surface area contributed by atoms with E-state index in [-0.39, 0.29) is 30.0 Å². The number of benzene rings is 1. The number of aliphatic imine (C=N–C) groups is 1. The van der Waals surface area contributed by atoms with Gasteiger partial charge in [-0.15, -0.1) is 35.3 Å². The molecule has 1 saturated heterocycles. The molecule has 0 aliphatic carbocycles. The van der Waals surface area contributed by atoms with E-state index in [1.807, 2.05) is 18.2 Å². The summed E-state index contributed by atoms with van der Waals surface area (Å²) < 4.78 is 16.1. The number of anilines is 1. The van der Waals surface area contributed by atoms with Crippen LogP contribution in [0, 0.1) is 0 Å². The summed E-state index contributed by atoms with van der Waals surface area (Å²) in [6.45, 7) is 3.91. The molecule has 1 aliphatic rings. The first-order valence-corrected chi connectivity index (χ1v) is 9.73. The molecule has 1 fully saturated rings. The quantitative estimate of drug-likeness (QED) is 0.333. The number of nitrogens with zero attached hydrogens (tertiary/aromatic N) is 2. The van der Waals surface area contributed by atoms with E-state index in [1.54, 1.807) is 25.6 Å². The van der Waals surface area contributed by atoms with Crippen LogP contribution >= 0.6 is 35.3 Å². The second kappa shape index (κ2) is 11.4. The average Bonchev–Trinajstić information content (AvgIpc) is 3.23. The summed E-state index contributed by atoms with van der Waals surface area (Å²) in [5.74, 6) is 1.68. The Hall–Kier alpha value is -1.56. The van der Waals surface area contributed by atoms with Gasteiger partial charge in [-0.25, -0.2) is 0 Å². The van der Waals surface area contributed by atoms with Crippen molar-refractivity contribution in [2.24, 2.45) is 10.7 Å². The molecule has 9 heteroatoms. The van der Waals surface area contributed by atoms with Gasteiger partial charge in [0, 0.05) is 29.7 Å². The van der Waals surface area contributed by atoms with Crippen molar-refractivity contribution in [1.29, 1.82) is 0 Å². The lowest BCUT2D eigenvalue weighted by atomic mass is 10.2. The van der Waals surface area contributed by atoms with Crippen molar-refractivity contribution in [3.63, 3.8) is 0 Å². The topological polar surface area (TPSA) is 81.3 Å². The second-order valence-corrected chi connectivity index (χ2v) is 7.08. The van der Waals surface area contributed by atoms with Crippen LogP contribution in [0.3, 0.4) is 0 Å².